The Morgan fingerprint density at radius 2 is 1.67 bits per heavy atom. The van der Waals surface area contributed by atoms with E-state index in [9.17, 15) is 0 Å². The topological polar surface area (TPSA) is 4.93 Å². The number of hydrogen-bond donors (Lipinski definition) is 0. The van der Waals surface area contributed by atoms with E-state index < -0.39 is 0 Å². The molecule has 0 unspecified atom stereocenters. The van der Waals surface area contributed by atoms with Crippen LogP contribution in [0.1, 0.15) is 38.4 Å². The highest BCUT2D eigenvalue weighted by molar-refractivity contribution is 5.17. The summed E-state index contributed by atoms with van der Waals surface area (Å²) >= 11 is 0. The number of aryl methyl sites for hydroxylation is 2. The van der Waals surface area contributed by atoms with Crippen LogP contribution in [0, 0.1) is 0 Å². The molecule has 1 heterocycles. The van der Waals surface area contributed by atoms with Crippen molar-refractivity contribution in [2.45, 2.75) is 45.6 Å². The lowest BCUT2D eigenvalue weighted by molar-refractivity contribution is 0.507. The molecule has 1 aromatic heterocycles. The Hall–Kier alpha value is -1.50. The lowest BCUT2D eigenvalue weighted by atomic mass is 9.92. The van der Waals surface area contributed by atoms with E-state index >= 15 is 0 Å². The highest BCUT2D eigenvalue weighted by Gasteiger charge is 2.16. The van der Waals surface area contributed by atoms with Gasteiger partial charge >= 0.3 is 0 Å². The van der Waals surface area contributed by atoms with Crippen LogP contribution in [0.25, 0.3) is 0 Å². The van der Waals surface area contributed by atoms with E-state index in [0.29, 0.717) is 0 Å². The van der Waals surface area contributed by atoms with E-state index in [2.05, 4.69) is 74.0 Å². The summed E-state index contributed by atoms with van der Waals surface area (Å²) in [6.45, 7) is 7.93. The van der Waals surface area contributed by atoms with Gasteiger partial charge in [-0.05, 0) is 30.5 Å². The second-order valence-corrected chi connectivity index (χ2v) is 5.93. The summed E-state index contributed by atoms with van der Waals surface area (Å²) < 4.78 is 2.39. The van der Waals surface area contributed by atoms with Crippen molar-refractivity contribution in [3.05, 3.63) is 59.9 Å². The number of nitrogens with zero attached hydrogens (tertiary/aromatic N) is 1. The second kappa shape index (κ2) is 5.43. The van der Waals surface area contributed by atoms with E-state index in [1.807, 2.05) is 0 Å². The summed E-state index contributed by atoms with van der Waals surface area (Å²) in [5.41, 5.74) is 3.09. The van der Waals surface area contributed by atoms with Crippen LogP contribution in [0.15, 0.2) is 48.7 Å². The van der Waals surface area contributed by atoms with Crippen LogP contribution in [0.5, 0.6) is 0 Å². The fraction of sp³-hybridized carbons (Fsp3) is 0.412. The van der Waals surface area contributed by atoms with Crippen LogP contribution in [0.4, 0.5) is 0 Å². The lowest BCUT2D eigenvalue weighted by Gasteiger charge is -2.21. The molecule has 1 aromatic carbocycles. The van der Waals surface area contributed by atoms with Gasteiger partial charge in [-0.15, -0.1) is 0 Å². The fourth-order valence-electron chi connectivity index (χ4n) is 2.39. The van der Waals surface area contributed by atoms with Crippen LogP contribution in [-0.2, 0) is 18.4 Å². The van der Waals surface area contributed by atoms with E-state index in [-0.39, 0.29) is 5.41 Å². The van der Waals surface area contributed by atoms with Gasteiger partial charge in [-0.3, -0.25) is 0 Å². The van der Waals surface area contributed by atoms with Gasteiger partial charge in [0.25, 0.3) is 0 Å². The average Bonchev–Trinajstić information content (AvgIpc) is 2.78. The van der Waals surface area contributed by atoms with Crippen molar-refractivity contribution < 1.29 is 0 Å². The van der Waals surface area contributed by atoms with Crippen molar-refractivity contribution >= 4 is 0 Å². The van der Waals surface area contributed by atoms with Crippen LogP contribution < -0.4 is 0 Å². The smallest absolute Gasteiger partial charge is 0.0228 e. The Balaban J connectivity index is 1.93. The molecular weight excluding hydrogens is 218 g/mol. The molecule has 2 rings (SSSR count). The van der Waals surface area contributed by atoms with E-state index in [1.165, 1.54) is 17.7 Å². The third-order valence-corrected chi connectivity index (χ3v) is 3.31. The van der Waals surface area contributed by atoms with E-state index in [1.54, 1.807) is 0 Å². The average molecular weight is 241 g/mol. The van der Waals surface area contributed by atoms with Crippen molar-refractivity contribution in [2.24, 2.45) is 0 Å². The Kier molecular flexibility index (Phi) is 3.90. The SMILES string of the molecule is CC(C)(C)c1cccn1CCCc1ccccc1. The molecule has 0 saturated carbocycles. The van der Waals surface area contributed by atoms with Gasteiger partial charge in [0.2, 0.25) is 0 Å². The van der Waals surface area contributed by atoms with Gasteiger partial charge in [-0.1, -0.05) is 51.1 Å². The molecule has 0 fully saturated rings. The van der Waals surface area contributed by atoms with Gasteiger partial charge in [0.05, 0.1) is 0 Å². The van der Waals surface area contributed by atoms with Gasteiger partial charge in [0, 0.05) is 23.9 Å². The Morgan fingerprint density at radius 1 is 0.944 bits per heavy atom. The maximum atomic E-state index is 2.39. The van der Waals surface area contributed by atoms with Crippen LogP contribution in [-0.4, -0.2) is 4.57 Å². The standard InChI is InChI=1S/C17H23N/c1-17(2,3)16-12-8-14-18(16)13-7-11-15-9-5-4-6-10-15/h4-6,8-10,12,14H,7,11,13H2,1-3H3. The zero-order chi connectivity index (χ0) is 13.0. The Morgan fingerprint density at radius 3 is 2.33 bits per heavy atom. The largest absolute Gasteiger partial charge is 0.351 e. The van der Waals surface area contributed by atoms with Crippen molar-refractivity contribution in [1.29, 1.82) is 0 Å². The summed E-state index contributed by atoms with van der Waals surface area (Å²) in [6.07, 6.45) is 4.55. The maximum absolute atomic E-state index is 2.39. The minimum Gasteiger partial charge on any atom is -0.351 e. The van der Waals surface area contributed by atoms with Crippen molar-refractivity contribution in [1.82, 2.24) is 4.57 Å². The van der Waals surface area contributed by atoms with Gasteiger partial charge in [0.15, 0.2) is 0 Å². The Labute approximate surface area is 110 Å². The van der Waals surface area contributed by atoms with Crippen LogP contribution in [0.3, 0.4) is 0 Å². The highest BCUT2D eigenvalue weighted by atomic mass is 15.0. The van der Waals surface area contributed by atoms with Crippen LogP contribution >= 0.6 is 0 Å². The first-order valence-corrected chi connectivity index (χ1v) is 6.77. The molecule has 0 radical (unpaired) electrons. The molecule has 0 aliphatic rings. The molecule has 0 bridgehead atoms. The third-order valence-electron chi connectivity index (χ3n) is 3.31. The van der Waals surface area contributed by atoms with Crippen molar-refractivity contribution in [2.75, 3.05) is 0 Å². The van der Waals surface area contributed by atoms with Gasteiger partial charge < -0.3 is 4.57 Å². The van der Waals surface area contributed by atoms with Gasteiger partial charge in [-0.2, -0.15) is 0 Å². The molecule has 0 aliphatic carbocycles. The molecule has 18 heavy (non-hydrogen) atoms. The molecule has 1 heteroatoms. The first-order valence-electron chi connectivity index (χ1n) is 6.77. The van der Waals surface area contributed by atoms with Gasteiger partial charge in [0.1, 0.15) is 0 Å². The van der Waals surface area contributed by atoms with Crippen molar-refractivity contribution in [3.63, 3.8) is 0 Å². The summed E-state index contributed by atoms with van der Waals surface area (Å²) in [7, 11) is 0. The summed E-state index contributed by atoms with van der Waals surface area (Å²) in [4.78, 5) is 0. The monoisotopic (exact) mass is 241 g/mol. The predicted molar refractivity (Wildman–Crippen MR) is 77.9 cm³/mol. The predicted octanol–water partition coefficient (Wildman–Crippen LogP) is 4.42. The van der Waals surface area contributed by atoms with Crippen LogP contribution in [0.2, 0.25) is 0 Å². The minimum atomic E-state index is 0.232. The lowest BCUT2D eigenvalue weighted by Crippen LogP contribution is -2.17. The quantitative estimate of drug-likeness (QED) is 0.747. The summed E-state index contributed by atoms with van der Waals surface area (Å²) in [5.74, 6) is 0. The first kappa shape index (κ1) is 12.9. The summed E-state index contributed by atoms with van der Waals surface area (Å²) in [5, 5.41) is 0. The summed E-state index contributed by atoms with van der Waals surface area (Å²) in [6, 6.07) is 15.1. The molecule has 0 spiro atoms. The minimum absolute atomic E-state index is 0.232. The molecule has 0 aliphatic heterocycles. The number of benzene rings is 1. The second-order valence-electron chi connectivity index (χ2n) is 5.93. The molecule has 2 aromatic rings. The van der Waals surface area contributed by atoms with E-state index in [0.717, 1.165) is 13.0 Å². The molecule has 0 atom stereocenters. The molecular formula is C17H23N. The van der Waals surface area contributed by atoms with E-state index in [4.69, 9.17) is 0 Å². The molecule has 0 N–H and O–H groups in total. The molecule has 1 nitrogen and oxygen atoms in total. The molecule has 96 valence electrons. The molecule has 0 saturated heterocycles. The Bertz CT molecular complexity index is 474. The third kappa shape index (κ3) is 3.25. The number of hydrogen-bond acceptors (Lipinski definition) is 0. The zero-order valence-corrected chi connectivity index (χ0v) is 11.7. The number of rotatable bonds is 4. The molecule has 0 amide bonds. The normalized spacial score (nSPS) is 11.7. The zero-order valence-electron chi connectivity index (χ0n) is 11.7. The first-order chi connectivity index (χ1) is 8.57. The fourth-order valence-corrected chi connectivity index (χ4v) is 2.39. The highest BCUT2D eigenvalue weighted by Crippen LogP contribution is 2.23. The van der Waals surface area contributed by atoms with Crippen molar-refractivity contribution in [3.8, 4) is 0 Å². The maximum Gasteiger partial charge on any atom is 0.0228 e. The van der Waals surface area contributed by atoms with Gasteiger partial charge in [-0.25, -0.2) is 0 Å². The number of aromatic nitrogens is 1.